The maximum Gasteiger partial charge on any atom is 0.257 e. The molecule has 0 aliphatic carbocycles. The van der Waals surface area contributed by atoms with Crippen molar-refractivity contribution in [3.63, 3.8) is 0 Å². The van der Waals surface area contributed by atoms with Gasteiger partial charge in [-0.2, -0.15) is 0 Å². The zero-order valence-corrected chi connectivity index (χ0v) is 17.5. The summed E-state index contributed by atoms with van der Waals surface area (Å²) in [6.07, 6.45) is 0. The Labute approximate surface area is 176 Å². The van der Waals surface area contributed by atoms with Crippen LogP contribution in [-0.4, -0.2) is 37.3 Å². The van der Waals surface area contributed by atoms with Gasteiger partial charge >= 0.3 is 0 Å². The Hall–Kier alpha value is -1.42. The summed E-state index contributed by atoms with van der Waals surface area (Å²) in [6.45, 7) is 2.80. The highest BCUT2D eigenvalue weighted by atomic mass is 127. The normalized spacial score (nSPS) is 14.0. The Kier molecular flexibility index (Phi) is 6.68. The second-order valence-corrected chi connectivity index (χ2v) is 7.72. The molecule has 1 aliphatic rings. The molecule has 5 nitrogen and oxygen atoms in total. The van der Waals surface area contributed by atoms with Gasteiger partial charge in [-0.15, -0.1) is 0 Å². The van der Waals surface area contributed by atoms with Crippen LogP contribution in [0, 0.1) is 3.57 Å². The third kappa shape index (κ3) is 4.85. The van der Waals surface area contributed by atoms with Gasteiger partial charge in [0, 0.05) is 22.2 Å². The molecule has 1 fully saturated rings. The number of nitrogens with zero attached hydrogens (tertiary/aromatic N) is 1. The number of benzene rings is 2. The molecule has 1 saturated heterocycles. The lowest BCUT2D eigenvalue weighted by Gasteiger charge is -2.31. The summed E-state index contributed by atoms with van der Waals surface area (Å²) in [5.74, 6) is -0.254. The number of amides is 1. The quantitative estimate of drug-likeness (QED) is 0.493. The fourth-order valence-electron chi connectivity index (χ4n) is 2.68. The number of anilines is 2. The Morgan fingerprint density at radius 1 is 1.19 bits per heavy atom. The van der Waals surface area contributed by atoms with E-state index in [0.29, 0.717) is 23.8 Å². The first kappa shape index (κ1) is 19.3. The molecule has 136 valence electrons. The number of hydrogen-bond acceptors (Lipinski definition) is 4. The lowest BCUT2D eigenvalue weighted by atomic mass is 10.2. The number of carbonyl (C=O) groups is 1. The Bertz CT molecular complexity index is 828. The highest BCUT2D eigenvalue weighted by Crippen LogP contribution is 2.34. The Morgan fingerprint density at radius 2 is 1.92 bits per heavy atom. The van der Waals surface area contributed by atoms with Gasteiger partial charge in [0.15, 0.2) is 5.11 Å². The van der Waals surface area contributed by atoms with Gasteiger partial charge in [0.1, 0.15) is 0 Å². The molecule has 26 heavy (non-hydrogen) atoms. The van der Waals surface area contributed by atoms with E-state index in [-0.39, 0.29) is 11.0 Å². The molecule has 2 N–H and O–H groups in total. The fourth-order valence-corrected chi connectivity index (χ4v) is 3.72. The molecule has 1 heterocycles. The highest BCUT2D eigenvalue weighted by Gasteiger charge is 2.19. The summed E-state index contributed by atoms with van der Waals surface area (Å²) < 4.78 is 6.39. The zero-order valence-electron chi connectivity index (χ0n) is 13.8. The molecule has 0 radical (unpaired) electrons. The molecule has 0 aromatic heterocycles. The van der Waals surface area contributed by atoms with Crippen LogP contribution in [0.25, 0.3) is 0 Å². The topological polar surface area (TPSA) is 53.6 Å². The number of halogens is 2. The van der Waals surface area contributed by atoms with E-state index >= 15 is 0 Å². The molecule has 0 saturated carbocycles. The van der Waals surface area contributed by atoms with Gasteiger partial charge in [-0.1, -0.05) is 23.7 Å². The minimum absolute atomic E-state index is 0.227. The Morgan fingerprint density at radius 3 is 2.65 bits per heavy atom. The SMILES string of the molecule is O=C(NC(=S)Nc1cccc(Cl)c1N1CCOCC1)c1cccc(I)c1. The number of thiocarbonyl (C=S) groups is 1. The predicted molar refractivity (Wildman–Crippen MR) is 117 cm³/mol. The molecule has 3 rings (SSSR count). The molecule has 0 spiro atoms. The third-order valence-electron chi connectivity index (χ3n) is 3.88. The van der Waals surface area contributed by atoms with Crippen molar-refractivity contribution in [2.24, 2.45) is 0 Å². The minimum Gasteiger partial charge on any atom is -0.378 e. The van der Waals surface area contributed by atoms with E-state index < -0.39 is 0 Å². The number of ether oxygens (including phenoxy) is 1. The third-order valence-corrected chi connectivity index (χ3v) is 5.06. The van der Waals surface area contributed by atoms with Crippen LogP contribution in [-0.2, 0) is 4.74 Å². The molecule has 8 heteroatoms. The van der Waals surface area contributed by atoms with Crippen LogP contribution >= 0.6 is 46.4 Å². The summed E-state index contributed by atoms with van der Waals surface area (Å²) in [5, 5.41) is 6.66. The highest BCUT2D eigenvalue weighted by molar-refractivity contribution is 14.1. The van der Waals surface area contributed by atoms with Crippen LogP contribution in [0.2, 0.25) is 5.02 Å². The van der Waals surface area contributed by atoms with E-state index in [1.165, 1.54) is 0 Å². The van der Waals surface area contributed by atoms with E-state index in [1.54, 1.807) is 12.1 Å². The molecular formula is C18H17ClIN3O2S. The van der Waals surface area contributed by atoms with E-state index in [1.807, 2.05) is 30.3 Å². The van der Waals surface area contributed by atoms with Gasteiger partial charge in [0.2, 0.25) is 0 Å². The van der Waals surface area contributed by atoms with E-state index in [4.69, 9.17) is 28.6 Å². The molecule has 1 amide bonds. The van der Waals surface area contributed by atoms with E-state index in [2.05, 4.69) is 38.1 Å². The van der Waals surface area contributed by atoms with Gasteiger partial charge in [-0.05, 0) is 65.1 Å². The average Bonchev–Trinajstić information content (AvgIpc) is 2.62. The van der Waals surface area contributed by atoms with Gasteiger partial charge in [0.05, 0.1) is 29.6 Å². The largest absolute Gasteiger partial charge is 0.378 e. The van der Waals surface area contributed by atoms with Gasteiger partial charge in [-0.25, -0.2) is 0 Å². The van der Waals surface area contributed by atoms with Gasteiger partial charge < -0.3 is 15.0 Å². The molecule has 0 unspecified atom stereocenters. The number of nitrogens with one attached hydrogen (secondary N) is 2. The molecule has 2 aromatic carbocycles. The molecule has 0 bridgehead atoms. The lowest BCUT2D eigenvalue weighted by molar-refractivity contribution is 0.0977. The first-order valence-electron chi connectivity index (χ1n) is 8.04. The van der Waals surface area contributed by atoms with Crippen LogP contribution < -0.4 is 15.5 Å². The van der Waals surface area contributed by atoms with Crippen molar-refractivity contribution in [3.05, 3.63) is 56.6 Å². The van der Waals surface area contributed by atoms with Crippen molar-refractivity contribution in [1.82, 2.24) is 5.32 Å². The van der Waals surface area contributed by atoms with E-state index in [9.17, 15) is 4.79 Å². The van der Waals surface area contributed by atoms with Crippen molar-refractivity contribution in [3.8, 4) is 0 Å². The minimum atomic E-state index is -0.254. The van der Waals surface area contributed by atoms with Gasteiger partial charge in [0.25, 0.3) is 5.91 Å². The Balaban J connectivity index is 1.73. The number of morpholine rings is 1. The second kappa shape index (κ2) is 8.98. The smallest absolute Gasteiger partial charge is 0.257 e. The summed E-state index contributed by atoms with van der Waals surface area (Å²) in [7, 11) is 0. The van der Waals surface area contributed by atoms with Crippen LogP contribution in [0.5, 0.6) is 0 Å². The van der Waals surface area contributed by atoms with Crippen molar-refractivity contribution in [2.45, 2.75) is 0 Å². The second-order valence-electron chi connectivity index (χ2n) is 5.65. The molecule has 0 atom stereocenters. The molecule has 2 aromatic rings. The summed E-state index contributed by atoms with van der Waals surface area (Å²) in [4.78, 5) is 14.5. The lowest BCUT2D eigenvalue weighted by Crippen LogP contribution is -2.38. The first-order valence-corrected chi connectivity index (χ1v) is 9.90. The van der Waals surface area contributed by atoms with Crippen LogP contribution in [0.1, 0.15) is 10.4 Å². The summed E-state index contributed by atoms with van der Waals surface area (Å²) in [6, 6.07) is 12.9. The van der Waals surface area contributed by atoms with Gasteiger partial charge in [-0.3, -0.25) is 10.1 Å². The average molecular weight is 502 g/mol. The number of carbonyl (C=O) groups excluding carboxylic acids is 1. The van der Waals surface area contributed by atoms with E-state index in [0.717, 1.165) is 28.0 Å². The molecular weight excluding hydrogens is 485 g/mol. The fraction of sp³-hybridized carbons (Fsp3) is 0.222. The number of rotatable bonds is 3. The predicted octanol–water partition coefficient (Wildman–Crippen LogP) is 3.91. The standard InChI is InChI=1S/C18H17ClIN3O2S/c19-14-5-2-6-15(16(14)23-7-9-25-10-8-23)21-18(26)22-17(24)12-3-1-4-13(20)11-12/h1-6,11H,7-10H2,(H2,21,22,24,26). The van der Waals surface area contributed by atoms with Crippen LogP contribution in [0.4, 0.5) is 11.4 Å². The summed E-state index contributed by atoms with van der Waals surface area (Å²) in [5.41, 5.74) is 2.18. The first-order chi connectivity index (χ1) is 12.5. The number of hydrogen-bond donors (Lipinski definition) is 2. The van der Waals surface area contributed by atoms with Crippen LogP contribution in [0.3, 0.4) is 0 Å². The maximum absolute atomic E-state index is 12.4. The zero-order chi connectivity index (χ0) is 18.5. The van der Waals surface area contributed by atoms with Crippen molar-refractivity contribution < 1.29 is 9.53 Å². The summed E-state index contributed by atoms with van der Waals surface area (Å²) >= 11 is 13.9. The van der Waals surface area contributed by atoms with Crippen molar-refractivity contribution in [1.29, 1.82) is 0 Å². The van der Waals surface area contributed by atoms with Crippen molar-refractivity contribution >= 4 is 68.8 Å². The monoisotopic (exact) mass is 501 g/mol. The maximum atomic E-state index is 12.4. The van der Waals surface area contributed by atoms with Crippen molar-refractivity contribution in [2.75, 3.05) is 36.5 Å². The number of para-hydroxylation sites is 1. The van der Waals surface area contributed by atoms with Crippen LogP contribution in [0.15, 0.2) is 42.5 Å². The molecule has 1 aliphatic heterocycles.